The highest BCUT2D eigenvalue weighted by atomic mass is 35.5. The molecule has 17 heavy (non-hydrogen) atoms. The van der Waals surface area contributed by atoms with Crippen molar-refractivity contribution in [3.05, 3.63) is 16.7 Å². The van der Waals surface area contributed by atoms with Gasteiger partial charge >= 0.3 is 0 Å². The quantitative estimate of drug-likeness (QED) is 0.851. The second-order valence-electron chi connectivity index (χ2n) is 4.58. The van der Waals surface area contributed by atoms with Crippen LogP contribution in [0.2, 0.25) is 5.28 Å². The second-order valence-corrected chi connectivity index (χ2v) is 5.82. The van der Waals surface area contributed by atoms with Crippen LogP contribution in [-0.2, 0) is 0 Å². The van der Waals surface area contributed by atoms with E-state index in [9.17, 15) is 0 Å². The van der Waals surface area contributed by atoms with E-state index < -0.39 is 0 Å². The number of hydrogen-bond donors (Lipinski definition) is 1. The van der Waals surface area contributed by atoms with Crippen molar-refractivity contribution in [3.63, 3.8) is 0 Å². The molecule has 1 N–H and O–H groups in total. The van der Waals surface area contributed by atoms with E-state index in [-0.39, 0.29) is 0 Å². The molecule has 0 saturated heterocycles. The lowest BCUT2D eigenvalue weighted by atomic mass is 9.98. The Morgan fingerprint density at radius 2 is 2.12 bits per heavy atom. The van der Waals surface area contributed by atoms with E-state index in [1.807, 2.05) is 11.4 Å². The van der Waals surface area contributed by atoms with Gasteiger partial charge < -0.3 is 5.32 Å². The Bertz CT molecular complexity index is 509. The molecule has 92 valence electrons. The molecule has 0 aliphatic rings. The molecular weight excluding hydrogens is 254 g/mol. The highest BCUT2D eigenvalue weighted by molar-refractivity contribution is 7.16. The van der Waals surface area contributed by atoms with Crippen LogP contribution in [0.25, 0.3) is 10.2 Å². The summed E-state index contributed by atoms with van der Waals surface area (Å²) in [6, 6.07) is 2.03. The van der Waals surface area contributed by atoms with E-state index in [1.54, 1.807) is 11.3 Å². The summed E-state index contributed by atoms with van der Waals surface area (Å²) in [5, 5.41) is 6.73. The summed E-state index contributed by atoms with van der Waals surface area (Å²) in [7, 11) is 0. The van der Waals surface area contributed by atoms with E-state index in [2.05, 4.69) is 36.1 Å². The van der Waals surface area contributed by atoms with E-state index in [0.29, 0.717) is 17.1 Å². The van der Waals surface area contributed by atoms with Crippen molar-refractivity contribution < 1.29 is 0 Å². The van der Waals surface area contributed by atoms with Gasteiger partial charge in [0.1, 0.15) is 10.6 Å². The van der Waals surface area contributed by atoms with Gasteiger partial charge in [0.25, 0.3) is 0 Å². The molecule has 2 heterocycles. The first-order valence-electron chi connectivity index (χ1n) is 5.72. The summed E-state index contributed by atoms with van der Waals surface area (Å²) >= 11 is 7.48. The summed E-state index contributed by atoms with van der Waals surface area (Å²) in [6.07, 6.45) is 0. The van der Waals surface area contributed by atoms with E-state index in [4.69, 9.17) is 11.6 Å². The van der Waals surface area contributed by atoms with Crippen LogP contribution in [0.4, 0.5) is 5.82 Å². The van der Waals surface area contributed by atoms with Crippen molar-refractivity contribution in [1.29, 1.82) is 0 Å². The number of nitrogens with zero attached hydrogens (tertiary/aromatic N) is 2. The minimum atomic E-state index is 0.305. The molecule has 0 saturated carbocycles. The maximum Gasteiger partial charge on any atom is 0.225 e. The monoisotopic (exact) mass is 269 g/mol. The molecule has 0 spiro atoms. The van der Waals surface area contributed by atoms with Gasteiger partial charge in [0, 0.05) is 6.54 Å². The summed E-state index contributed by atoms with van der Waals surface area (Å²) in [4.78, 5) is 9.38. The fourth-order valence-corrected chi connectivity index (χ4v) is 2.44. The fourth-order valence-electron chi connectivity index (χ4n) is 1.46. The zero-order chi connectivity index (χ0) is 12.4. The molecule has 0 aromatic carbocycles. The normalized spacial score (nSPS) is 13.2. The highest BCUT2D eigenvalue weighted by Crippen LogP contribution is 2.26. The van der Waals surface area contributed by atoms with Crippen molar-refractivity contribution in [2.45, 2.75) is 20.8 Å². The van der Waals surface area contributed by atoms with Crippen LogP contribution in [0.15, 0.2) is 11.4 Å². The SMILES string of the molecule is CC(C)C(C)CNc1nc(Cl)nc2sccc12. The number of hydrogen-bond acceptors (Lipinski definition) is 4. The highest BCUT2D eigenvalue weighted by Gasteiger charge is 2.10. The van der Waals surface area contributed by atoms with Gasteiger partial charge in [-0.05, 0) is 34.9 Å². The summed E-state index contributed by atoms with van der Waals surface area (Å²) in [6.45, 7) is 7.57. The Kier molecular flexibility index (Phi) is 3.84. The molecular formula is C12H16ClN3S. The average molecular weight is 270 g/mol. The predicted molar refractivity (Wildman–Crippen MR) is 74.9 cm³/mol. The fraction of sp³-hybridized carbons (Fsp3) is 0.500. The molecule has 2 aromatic heterocycles. The average Bonchev–Trinajstić information content (AvgIpc) is 2.72. The lowest BCUT2D eigenvalue weighted by Crippen LogP contribution is -2.17. The number of halogens is 1. The molecule has 5 heteroatoms. The van der Waals surface area contributed by atoms with Gasteiger partial charge in [0.05, 0.1) is 5.39 Å². The van der Waals surface area contributed by atoms with Crippen molar-refractivity contribution in [3.8, 4) is 0 Å². The van der Waals surface area contributed by atoms with E-state index in [0.717, 1.165) is 22.6 Å². The first kappa shape index (κ1) is 12.6. The molecule has 0 aliphatic carbocycles. The Balaban J connectivity index is 2.20. The molecule has 2 rings (SSSR count). The second kappa shape index (κ2) is 5.19. The van der Waals surface area contributed by atoms with Crippen molar-refractivity contribution in [2.24, 2.45) is 11.8 Å². The molecule has 0 radical (unpaired) electrons. The Labute approximate surface area is 110 Å². The van der Waals surface area contributed by atoms with Crippen LogP contribution in [-0.4, -0.2) is 16.5 Å². The van der Waals surface area contributed by atoms with Gasteiger partial charge in [0.2, 0.25) is 5.28 Å². The zero-order valence-corrected chi connectivity index (χ0v) is 11.8. The van der Waals surface area contributed by atoms with Gasteiger partial charge in [0.15, 0.2) is 0 Å². The maximum absolute atomic E-state index is 5.90. The number of thiophene rings is 1. The van der Waals surface area contributed by atoms with Crippen molar-refractivity contribution >= 4 is 39.0 Å². The van der Waals surface area contributed by atoms with Crippen LogP contribution in [0.5, 0.6) is 0 Å². The first-order valence-corrected chi connectivity index (χ1v) is 6.98. The summed E-state index contributed by atoms with van der Waals surface area (Å²) in [5.74, 6) is 2.09. The summed E-state index contributed by atoms with van der Waals surface area (Å²) < 4.78 is 0. The Morgan fingerprint density at radius 3 is 2.82 bits per heavy atom. The largest absolute Gasteiger partial charge is 0.369 e. The van der Waals surface area contributed by atoms with Crippen LogP contribution in [0.1, 0.15) is 20.8 Å². The van der Waals surface area contributed by atoms with Crippen LogP contribution in [0.3, 0.4) is 0 Å². The minimum absolute atomic E-state index is 0.305. The summed E-state index contributed by atoms with van der Waals surface area (Å²) in [5.41, 5.74) is 0. The number of rotatable bonds is 4. The lowest BCUT2D eigenvalue weighted by Gasteiger charge is -2.16. The predicted octanol–water partition coefficient (Wildman–Crippen LogP) is 4.05. The lowest BCUT2D eigenvalue weighted by molar-refractivity contribution is 0.439. The molecule has 1 unspecified atom stereocenters. The molecule has 0 fully saturated rings. The zero-order valence-electron chi connectivity index (χ0n) is 10.2. The van der Waals surface area contributed by atoms with Gasteiger partial charge in [-0.1, -0.05) is 20.8 Å². The smallest absolute Gasteiger partial charge is 0.225 e. The molecule has 1 atom stereocenters. The van der Waals surface area contributed by atoms with Crippen LogP contribution in [0, 0.1) is 11.8 Å². The van der Waals surface area contributed by atoms with Gasteiger partial charge in [-0.2, -0.15) is 0 Å². The third-order valence-corrected chi connectivity index (χ3v) is 4.00. The molecule has 0 aliphatic heterocycles. The van der Waals surface area contributed by atoms with E-state index >= 15 is 0 Å². The van der Waals surface area contributed by atoms with Crippen LogP contribution >= 0.6 is 22.9 Å². The molecule has 0 bridgehead atoms. The maximum atomic E-state index is 5.90. The van der Waals surface area contributed by atoms with Crippen LogP contribution < -0.4 is 5.32 Å². The van der Waals surface area contributed by atoms with Gasteiger partial charge in [-0.3, -0.25) is 0 Å². The van der Waals surface area contributed by atoms with Crippen molar-refractivity contribution in [2.75, 3.05) is 11.9 Å². The van der Waals surface area contributed by atoms with E-state index in [1.165, 1.54) is 0 Å². The standard InChI is InChI=1S/C12H16ClN3S/c1-7(2)8(3)6-14-10-9-4-5-17-11(9)16-12(13)15-10/h4-5,7-8H,6H2,1-3H3,(H,14,15,16). The molecule has 3 nitrogen and oxygen atoms in total. The Morgan fingerprint density at radius 1 is 1.35 bits per heavy atom. The number of nitrogens with one attached hydrogen (secondary N) is 1. The Hall–Kier alpha value is -0.870. The van der Waals surface area contributed by atoms with Gasteiger partial charge in [-0.15, -0.1) is 11.3 Å². The topological polar surface area (TPSA) is 37.8 Å². The number of fused-ring (bicyclic) bond motifs is 1. The number of aromatic nitrogens is 2. The third kappa shape index (κ3) is 2.87. The molecule has 0 amide bonds. The van der Waals surface area contributed by atoms with Crippen molar-refractivity contribution in [1.82, 2.24) is 9.97 Å². The first-order chi connectivity index (χ1) is 8.08. The molecule has 2 aromatic rings. The minimum Gasteiger partial charge on any atom is -0.369 e. The third-order valence-electron chi connectivity index (χ3n) is 3.03. The van der Waals surface area contributed by atoms with Gasteiger partial charge in [-0.25, -0.2) is 9.97 Å². The number of anilines is 1.